The van der Waals surface area contributed by atoms with Crippen LogP contribution >= 0.6 is 7.37 Å². The maximum Gasteiger partial charge on any atom is 0.307 e. The zero-order valence-electron chi connectivity index (χ0n) is 15.9. The van der Waals surface area contributed by atoms with E-state index in [9.17, 15) is 19.4 Å². The number of hydrogen-bond donors (Lipinski definition) is 2. The van der Waals surface area contributed by atoms with Crippen molar-refractivity contribution in [3.8, 4) is 0 Å². The van der Waals surface area contributed by atoms with E-state index in [1.165, 1.54) is 0 Å². The van der Waals surface area contributed by atoms with Gasteiger partial charge in [0.25, 0.3) is 0 Å². The van der Waals surface area contributed by atoms with E-state index in [4.69, 9.17) is 0 Å². The number of carboxylic acid groups (broad SMARTS) is 1. The van der Waals surface area contributed by atoms with Crippen molar-refractivity contribution >= 4 is 24.1 Å². The smallest absolute Gasteiger partial charge is 0.307 e. The third kappa shape index (κ3) is 4.52. The van der Waals surface area contributed by atoms with Gasteiger partial charge >= 0.3 is 5.97 Å². The Kier molecular flexibility index (Phi) is 6.33. The van der Waals surface area contributed by atoms with Crippen LogP contribution in [-0.2, 0) is 21.9 Å². The summed E-state index contributed by atoms with van der Waals surface area (Å²) >= 11 is 0. The molecule has 0 saturated carbocycles. The standard InChI is InChI=1S/C23H25O4P/c1-2-22(28(26,27)16-17-9-4-3-5-10-17)21(23(24)25)15-19-13-8-12-18-11-6-7-14-20(18)19/h3-14,21-22H,2,15-16H2,1H3,(H,24,25)(H,26,27). The van der Waals surface area contributed by atoms with Gasteiger partial charge in [0.1, 0.15) is 0 Å². The first-order valence-electron chi connectivity index (χ1n) is 9.47. The molecule has 3 aromatic carbocycles. The second-order valence-electron chi connectivity index (χ2n) is 7.16. The molecule has 28 heavy (non-hydrogen) atoms. The van der Waals surface area contributed by atoms with Crippen LogP contribution in [0.2, 0.25) is 0 Å². The highest BCUT2D eigenvalue weighted by molar-refractivity contribution is 7.58. The Morgan fingerprint density at radius 1 is 0.964 bits per heavy atom. The fourth-order valence-corrected chi connectivity index (χ4v) is 6.24. The number of aliphatic carboxylic acids is 1. The van der Waals surface area contributed by atoms with Gasteiger partial charge in [-0.05, 0) is 34.7 Å². The third-order valence-electron chi connectivity index (χ3n) is 5.29. The predicted octanol–water partition coefficient (Wildman–Crippen LogP) is 5.33. The minimum Gasteiger partial charge on any atom is -0.481 e. The quantitative estimate of drug-likeness (QED) is 0.505. The Labute approximate surface area is 165 Å². The molecule has 0 aliphatic carbocycles. The van der Waals surface area contributed by atoms with Crippen LogP contribution < -0.4 is 0 Å². The summed E-state index contributed by atoms with van der Waals surface area (Å²) in [6.07, 6.45) is 0.558. The van der Waals surface area contributed by atoms with E-state index in [0.717, 1.165) is 21.9 Å². The molecule has 3 unspecified atom stereocenters. The van der Waals surface area contributed by atoms with Crippen LogP contribution in [0, 0.1) is 5.92 Å². The first kappa shape index (κ1) is 20.3. The minimum absolute atomic E-state index is 0.00827. The van der Waals surface area contributed by atoms with Crippen molar-refractivity contribution in [3.05, 3.63) is 83.9 Å². The Balaban J connectivity index is 1.93. The number of carboxylic acids is 1. The van der Waals surface area contributed by atoms with Crippen LogP contribution in [0.1, 0.15) is 24.5 Å². The molecule has 0 aliphatic heterocycles. The number of carbonyl (C=O) groups is 1. The topological polar surface area (TPSA) is 74.6 Å². The highest BCUT2D eigenvalue weighted by Crippen LogP contribution is 2.54. The summed E-state index contributed by atoms with van der Waals surface area (Å²) in [6.45, 7) is 1.79. The van der Waals surface area contributed by atoms with Gasteiger partial charge in [-0.2, -0.15) is 0 Å². The normalized spacial score (nSPS) is 15.6. The lowest BCUT2D eigenvalue weighted by Gasteiger charge is -2.28. The van der Waals surface area contributed by atoms with Gasteiger partial charge in [0.05, 0.1) is 5.92 Å². The van der Waals surface area contributed by atoms with Crippen molar-refractivity contribution in [1.82, 2.24) is 0 Å². The maximum atomic E-state index is 13.2. The van der Waals surface area contributed by atoms with E-state index in [1.807, 2.05) is 60.7 Å². The fraction of sp³-hybridized carbons (Fsp3) is 0.261. The molecule has 5 heteroatoms. The number of rotatable bonds is 8. The number of benzene rings is 3. The lowest BCUT2D eigenvalue weighted by Crippen LogP contribution is -2.30. The molecule has 0 bridgehead atoms. The second kappa shape index (κ2) is 8.72. The molecular formula is C23H25O4P. The molecule has 0 aliphatic rings. The Morgan fingerprint density at radius 3 is 2.29 bits per heavy atom. The van der Waals surface area contributed by atoms with E-state index in [-0.39, 0.29) is 12.6 Å². The zero-order valence-corrected chi connectivity index (χ0v) is 16.8. The monoisotopic (exact) mass is 396 g/mol. The average molecular weight is 396 g/mol. The average Bonchev–Trinajstić information content (AvgIpc) is 2.68. The first-order valence-corrected chi connectivity index (χ1v) is 11.4. The summed E-state index contributed by atoms with van der Waals surface area (Å²) in [4.78, 5) is 22.9. The van der Waals surface area contributed by atoms with Crippen molar-refractivity contribution in [3.63, 3.8) is 0 Å². The Bertz CT molecular complexity index is 994. The van der Waals surface area contributed by atoms with Gasteiger partial charge in [-0.1, -0.05) is 79.7 Å². The molecule has 3 aromatic rings. The van der Waals surface area contributed by atoms with Crippen LogP contribution in [0.4, 0.5) is 0 Å². The summed E-state index contributed by atoms with van der Waals surface area (Å²) in [5, 5.41) is 11.9. The van der Waals surface area contributed by atoms with Crippen LogP contribution in [0.25, 0.3) is 10.8 Å². The van der Waals surface area contributed by atoms with E-state index in [2.05, 4.69) is 0 Å². The van der Waals surface area contributed by atoms with Gasteiger partial charge < -0.3 is 10.00 Å². The molecule has 3 rings (SSSR count). The predicted molar refractivity (Wildman–Crippen MR) is 113 cm³/mol. The van der Waals surface area contributed by atoms with Gasteiger partial charge in [0.15, 0.2) is 0 Å². The van der Waals surface area contributed by atoms with Crippen LogP contribution in [0.5, 0.6) is 0 Å². The van der Waals surface area contributed by atoms with E-state index >= 15 is 0 Å². The van der Waals surface area contributed by atoms with Gasteiger partial charge in [-0.3, -0.25) is 9.36 Å². The second-order valence-corrected chi connectivity index (χ2v) is 9.65. The van der Waals surface area contributed by atoms with Crippen LogP contribution in [0.3, 0.4) is 0 Å². The summed E-state index contributed by atoms with van der Waals surface area (Å²) in [6, 6.07) is 22.7. The SMILES string of the molecule is CCC(C(Cc1cccc2ccccc12)C(=O)O)P(=O)(O)Cc1ccccc1. The molecule has 146 valence electrons. The molecule has 3 atom stereocenters. The van der Waals surface area contributed by atoms with E-state index in [1.54, 1.807) is 19.1 Å². The van der Waals surface area contributed by atoms with Crippen molar-refractivity contribution in [1.29, 1.82) is 0 Å². The molecule has 4 nitrogen and oxygen atoms in total. The molecule has 0 heterocycles. The molecule has 0 spiro atoms. The Morgan fingerprint density at radius 2 is 1.61 bits per heavy atom. The van der Waals surface area contributed by atoms with Crippen LogP contribution in [-0.4, -0.2) is 21.6 Å². The molecule has 0 amide bonds. The summed E-state index contributed by atoms with van der Waals surface area (Å²) in [5.74, 6) is -1.95. The first-order chi connectivity index (χ1) is 13.4. The summed E-state index contributed by atoms with van der Waals surface area (Å²) < 4.78 is 13.2. The van der Waals surface area contributed by atoms with Crippen molar-refractivity contribution < 1.29 is 19.4 Å². The lowest BCUT2D eigenvalue weighted by molar-refractivity contribution is -0.141. The van der Waals surface area contributed by atoms with Crippen LogP contribution in [0.15, 0.2) is 72.8 Å². The van der Waals surface area contributed by atoms with Crippen molar-refractivity contribution in [2.24, 2.45) is 5.92 Å². The minimum atomic E-state index is -3.71. The van der Waals surface area contributed by atoms with E-state index in [0.29, 0.717) is 6.42 Å². The highest BCUT2D eigenvalue weighted by atomic mass is 31.2. The molecule has 0 aromatic heterocycles. The van der Waals surface area contributed by atoms with Gasteiger partial charge in [-0.25, -0.2) is 0 Å². The van der Waals surface area contributed by atoms with Gasteiger partial charge in [0.2, 0.25) is 7.37 Å². The maximum absolute atomic E-state index is 13.2. The van der Waals surface area contributed by atoms with Crippen molar-refractivity contribution in [2.45, 2.75) is 31.6 Å². The molecule has 2 N–H and O–H groups in total. The molecule has 0 saturated heterocycles. The zero-order chi connectivity index (χ0) is 20.1. The Hall–Kier alpha value is -2.42. The fourth-order valence-electron chi connectivity index (χ4n) is 3.91. The number of fused-ring (bicyclic) bond motifs is 1. The van der Waals surface area contributed by atoms with Crippen molar-refractivity contribution in [2.75, 3.05) is 0 Å². The number of hydrogen-bond acceptors (Lipinski definition) is 2. The van der Waals surface area contributed by atoms with Gasteiger partial charge in [0, 0.05) is 11.8 Å². The summed E-state index contributed by atoms with van der Waals surface area (Å²) in [5.41, 5.74) is 0.842. The summed E-state index contributed by atoms with van der Waals surface area (Å²) in [7, 11) is -3.71. The largest absolute Gasteiger partial charge is 0.481 e. The molecular weight excluding hydrogens is 371 g/mol. The lowest BCUT2D eigenvalue weighted by atomic mass is 9.91. The highest BCUT2D eigenvalue weighted by Gasteiger charge is 2.40. The van der Waals surface area contributed by atoms with Gasteiger partial charge in [-0.15, -0.1) is 0 Å². The molecule has 0 radical (unpaired) electrons. The third-order valence-corrected chi connectivity index (χ3v) is 7.87. The molecule has 0 fully saturated rings. The van der Waals surface area contributed by atoms with E-state index < -0.39 is 24.9 Å².